The average Bonchev–Trinajstić information content (AvgIpc) is 2.62. The maximum Gasteiger partial charge on any atom is 0.193 e. The van der Waals surface area contributed by atoms with Gasteiger partial charge in [-0.1, -0.05) is 91.5 Å². The van der Waals surface area contributed by atoms with E-state index in [1.54, 1.807) is 0 Å². The molecule has 22 heavy (non-hydrogen) atoms. The molecule has 3 rings (SSSR count). The lowest BCUT2D eigenvalue weighted by Crippen LogP contribution is -2.01. The monoisotopic (exact) mass is 284 g/mol. The van der Waals surface area contributed by atoms with Gasteiger partial charge in [0.15, 0.2) is 5.78 Å². The highest BCUT2D eigenvalue weighted by atomic mass is 16.1. The molecule has 0 radical (unpaired) electrons. The van der Waals surface area contributed by atoms with E-state index < -0.39 is 0 Å². The minimum atomic E-state index is -0.0342. The van der Waals surface area contributed by atoms with Crippen molar-refractivity contribution in [2.75, 3.05) is 0 Å². The molecule has 106 valence electrons. The quantitative estimate of drug-likeness (QED) is 0.472. The van der Waals surface area contributed by atoms with Crippen LogP contribution in [0, 0.1) is 0 Å². The van der Waals surface area contributed by atoms with E-state index in [0.717, 1.165) is 16.7 Å². The summed E-state index contributed by atoms with van der Waals surface area (Å²) in [6.07, 6.45) is 0. The van der Waals surface area contributed by atoms with Crippen LogP contribution in [0.3, 0.4) is 0 Å². The molecule has 3 aromatic carbocycles. The van der Waals surface area contributed by atoms with Crippen molar-refractivity contribution in [1.82, 2.24) is 0 Å². The molecule has 3 aromatic rings. The second-order valence-electron chi connectivity index (χ2n) is 5.12. The Morgan fingerprint density at radius 3 is 1.68 bits per heavy atom. The van der Waals surface area contributed by atoms with Crippen molar-refractivity contribution in [3.05, 3.63) is 103 Å². The van der Waals surface area contributed by atoms with Crippen LogP contribution < -0.4 is 0 Å². The molecule has 0 unspecified atom stereocenters. The third-order valence-corrected chi connectivity index (χ3v) is 3.65. The second kappa shape index (κ2) is 6.23. The molecule has 1 heteroatoms. The van der Waals surface area contributed by atoms with E-state index in [1.807, 2.05) is 72.8 Å². The number of hydrogen-bond donors (Lipinski definition) is 0. The molecule has 0 spiro atoms. The Balaban J connectivity index is 1.84. The molecule has 0 saturated carbocycles. The van der Waals surface area contributed by atoms with Gasteiger partial charge in [0.1, 0.15) is 0 Å². The molecular formula is C21H16O. The van der Waals surface area contributed by atoms with E-state index in [-0.39, 0.29) is 5.78 Å². The molecule has 0 amide bonds. The third-order valence-electron chi connectivity index (χ3n) is 3.65. The van der Waals surface area contributed by atoms with Crippen LogP contribution in [0.4, 0.5) is 0 Å². The summed E-state index contributed by atoms with van der Waals surface area (Å²) in [5.74, 6) is -0.0342. The van der Waals surface area contributed by atoms with E-state index >= 15 is 0 Å². The van der Waals surface area contributed by atoms with Crippen molar-refractivity contribution in [2.45, 2.75) is 0 Å². The van der Waals surface area contributed by atoms with E-state index in [2.05, 4.69) is 18.7 Å². The first-order valence-electron chi connectivity index (χ1n) is 7.20. The van der Waals surface area contributed by atoms with Crippen molar-refractivity contribution in [2.24, 2.45) is 0 Å². The van der Waals surface area contributed by atoms with Gasteiger partial charge in [0.25, 0.3) is 0 Å². The fourth-order valence-electron chi connectivity index (χ4n) is 2.39. The normalized spacial score (nSPS) is 10.2. The molecule has 0 bridgehead atoms. The molecular weight excluding hydrogens is 268 g/mol. The van der Waals surface area contributed by atoms with Gasteiger partial charge < -0.3 is 0 Å². The van der Waals surface area contributed by atoms with Crippen molar-refractivity contribution in [1.29, 1.82) is 0 Å². The van der Waals surface area contributed by atoms with Gasteiger partial charge in [0.2, 0.25) is 0 Å². The van der Waals surface area contributed by atoms with Gasteiger partial charge in [-0.2, -0.15) is 0 Å². The summed E-state index contributed by atoms with van der Waals surface area (Å²) >= 11 is 0. The standard InChI is InChI=1S/C21H16O/c1-16(21(22)20-10-6-3-7-11-20)17-12-14-19(15-13-17)18-8-4-2-5-9-18/h2-15H,1H2. The van der Waals surface area contributed by atoms with E-state index in [1.165, 1.54) is 0 Å². The number of carbonyl (C=O) groups excluding carboxylic acids is 1. The lowest BCUT2D eigenvalue weighted by atomic mass is 9.96. The van der Waals surface area contributed by atoms with Crippen LogP contribution in [0.5, 0.6) is 0 Å². The molecule has 0 saturated heterocycles. The first-order valence-corrected chi connectivity index (χ1v) is 7.20. The summed E-state index contributed by atoms with van der Waals surface area (Å²) in [5, 5.41) is 0. The molecule has 0 aromatic heterocycles. The van der Waals surface area contributed by atoms with Crippen LogP contribution in [-0.4, -0.2) is 5.78 Å². The Bertz CT molecular complexity index is 784. The van der Waals surface area contributed by atoms with E-state index in [0.29, 0.717) is 11.1 Å². The maximum absolute atomic E-state index is 12.4. The fraction of sp³-hybridized carbons (Fsp3) is 0. The second-order valence-corrected chi connectivity index (χ2v) is 5.12. The van der Waals surface area contributed by atoms with Gasteiger partial charge in [0.05, 0.1) is 0 Å². The van der Waals surface area contributed by atoms with Crippen molar-refractivity contribution in [3.63, 3.8) is 0 Å². The topological polar surface area (TPSA) is 17.1 Å². The summed E-state index contributed by atoms with van der Waals surface area (Å²) in [4.78, 5) is 12.4. The van der Waals surface area contributed by atoms with E-state index in [9.17, 15) is 4.79 Å². The summed E-state index contributed by atoms with van der Waals surface area (Å²) in [7, 11) is 0. The molecule has 0 atom stereocenters. The summed E-state index contributed by atoms with van der Waals surface area (Å²) in [6.45, 7) is 3.95. The number of Topliss-reactive ketones (excluding diaryl/α,β-unsaturated/α-hetero) is 1. The first-order chi connectivity index (χ1) is 10.8. The summed E-state index contributed by atoms with van der Waals surface area (Å²) < 4.78 is 0. The molecule has 0 heterocycles. The Morgan fingerprint density at radius 2 is 1.09 bits per heavy atom. The van der Waals surface area contributed by atoms with E-state index in [4.69, 9.17) is 0 Å². The van der Waals surface area contributed by atoms with Crippen LogP contribution >= 0.6 is 0 Å². The first kappa shape index (κ1) is 14.0. The highest BCUT2D eigenvalue weighted by molar-refractivity contribution is 6.28. The Hall–Kier alpha value is -2.93. The largest absolute Gasteiger partial charge is 0.289 e. The zero-order valence-electron chi connectivity index (χ0n) is 12.2. The minimum absolute atomic E-state index is 0.0342. The molecule has 0 aliphatic carbocycles. The molecule has 0 N–H and O–H groups in total. The third kappa shape index (κ3) is 2.89. The Kier molecular flexibility index (Phi) is 3.97. The molecule has 0 fully saturated rings. The number of rotatable bonds is 4. The molecule has 0 aliphatic rings. The van der Waals surface area contributed by atoms with Crippen LogP contribution in [-0.2, 0) is 0 Å². The lowest BCUT2D eigenvalue weighted by Gasteiger charge is -2.07. The van der Waals surface area contributed by atoms with Gasteiger partial charge in [0, 0.05) is 11.1 Å². The summed E-state index contributed by atoms with van der Waals surface area (Å²) in [6, 6.07) is 27.3. The van der Waals surface area contributed by atoms with Gasteiger partial charge in [-0.25, -0.2) is 0 Å². The number of ketones is 1. The number of carbonyl (C=O) groups is 1. The highest BCUT2D eigenvalue weighted by Gasteiger charge is 2.11. The molecule has 1 nitrogen and oxygen atoms in total. The minimum Gasteiger partial charge on any atom is -0.289 e. The van der Waals surface area contributed by atoms with Gasteiger partial charge in [-0.05, 0) is 16.7 Å². The highest BCUT2D eigenvalue weighted by Crippen LogP contribution is 2.23. The van der Waals surface area contributed by atoms with Crippen molar-refractivity contribution in [3.8, 4) is 11.1 Å². The maximum atomic E-state index is 12.4. The van der Waals surface area contributed by atoms with Crippen molar-refractivity contribution < 1.29 is 4.79 Å². The van der Waals surface area contributed by atoms with Crippen LogP contribution in [0.2, 0.25) is 0 Å². The van der Waals surface area contributed by atoms with Crippen LogP contribution in [0.15, 0.2) is 91.5 Å². The fourth-order valence-corrected chi connectivity index (χ4v) is 2.39. The SMILES string of the molecule is C=C(C(=O)c1ccccc1)c1ccc(-c2ccccc2)cc1. The smallest absolute Gasteiger partial charge is 0.193 e. The number of hydrogen-bond acceptors (Lipinski definition) is 1. The molecule has 0 aliphatic heterocycles. The Labute approximate surface area is 130 Å². The number of allylic oxidation sites excluding steroid dienone is 1. The van der Waals surface area contributed by atoms with Crippen molar-refractivity contribution >= 4 is 11.4 Å². The van der Waals surface area contributed by atoms with Crippen LogP contribution in [0.1, 0.15) is 15.9 Å². The zero-order chi connectivity index (χ0) is 15.4. The van der Waals surface area contributed by atoms with Crippen LogP contribution in [0.25, 0.3) is 16.7 Å². The average molecular weight is 284 g/mol. The summed E-state index contributed by atoms with van der Waals surface area (Å²) in [5.41, 5.74) is 4.33. The number of benzene rings is 3. The Morgan fingerprint density at radius 1 is 0.591 bits per heavy atom. The predicted molar refractivity (Wildman–Crippen MR) is 91.7 cm³/mol. The lowest BCUT2D eigenvalue weighted by molar-refractivity contribution is 0.105. The zero-order valence-corrected chi connectivity index (χ0v) is 12.2. The van der Waals surface area contributed by atoms with Gasteiger partial charge >= 0.3 is 0 Å². The van der Waals surface area contributed by atoms with Gasteiger partial charge in [-0.15, -0.1) is 0 Å². The van der Waals surface area contributed by atoms with Gasteiger partial charge in [-0.3, -0.25) is 4.79 Å². The predicted octanol–water partition coefficient (Wildman–Crippen LogP) is 5.25.